The zero-order chi connectivity index (χ0) is 16.6. The molecule has 1 amide bonds. The first kappa shape index (κ1) is 16.8. The summed E-state index contributed by atoms with van der Waals surface area (Å²) in [4.78, 5) is 15.5. The number of carbonyl (C=O) groups excluding carboxylic acids is 1. The van der Waals surface area contributed by atoms with Crippen molar-refractivity contribution in [1.29, 1.82) is 0 Å². The third-order valence-electron chi connectivity index (χ3n) is 6.21. The van der Waals surface area contributed by atoms with E-state index in [1.165, 1.54) is 6.42 Å². The highest BCUT2D eigenvalue weighted by molar-refractivity contribution is 6.30. The number of nitrogens with two attached hydrogens (primary N) is 1. The first-order chi connectivity index (χ1) is 11.0. The predicted molar refractivity (Wildman–Crippen MR) is 94.5 cm³/mol. The third-order valence-corrected chi connectivity index (χ3v) is 6.46. The second kappa shape index (κ2) is 6.45. The number of likely N-dealkylation sites (tertiary alicyclic amines) is 1. The summed E-state index contributed by atoms with van der Waals surface area (Å²) in [7, 11) is 0. The maximum atomic E-state index is 13.4. The van der Waals surface area contributed by atoms with E-state index in [4.69, 9.17) is 17.3 Å². The first-order valence-corrected chi connectivity index (χ1v) is 9.20. The molecule has 0 bridgehead atoms. The fourth-order valence-electron chi connectivity index (χ4n) is 4.63. The summed E-state index contributed by atoms with van der Waals surface area (Å²) in [6.07, 6.45) is 3.90. The number of hydrogen-bond donors (Lipinski definition) is 1. The molecule has 2 N–H and O–H groups in total. The highest BCUT2D eigenvalue weighted by atomic mass is 35.5. The average Bonchev–Trinajstić information content (AvgIpc) is 3.13. The van der Waals surface area contributed by atoms with E-state index >= 15 is 0 Å². The van der Waals surface area contributed by atoms with Gasteiger partial charge >= 0.3 is 0 Å². The molecule has 1 aromatic carbocycles. The van der Waals surface area contributed by atoms with Crippen molar-refractivity contribution < 1.29 is 4.79 Å². The van der Waals surface area contributed by atoms with Gasteiger partial charge in [0.15, 0.2) is 0 Å². The van der Waals surface area contributed by atoms with Gasteiger partial charge < -0.3 is 10.6 Å². The number of amides is 1. The number of halogens is 1. The van der Waals surface area contributed by atoms with E-state index in [1.54, 1.807) is 0 Å². The monoisotopic (exact) mass is 334 g/mol. The largest absolute Gasteiger partial charge is 0.341 e. The van der Waals surface area contributed by atoms with Crippen molar-refractivity contribution >= 4 is 17.5 Å². The second-order valence-corrected chi connectivity index (χ2v) is 7.61. The minimum absolute atomic E-state index is 0.269. The van der Waals surface area contributed by atoms with Crippen molar-refractivity contribution in [1.82, 2.24) is 4.90 Å². The van der Waals surface area contributed by atoms with Gasteiger partial charge in [0.05, 0.1) is 5.41 Å². The van der Waals surface area contributed by atoms with Gasteiger partial charge in [0.2, 0.25) is 5.91 Å². The molecular formula is C19H27ClN2O. The Morgan fingerprint density at radius 2 is 1.87 bits per heavy atom. The molecule has 126 valence electrons. The van der Waals surface area contributed by atoms with Gasteiger partial charge in [-0.05, 0) is 55.2 Å². The molecule has 2 aliphatic rings. The van der Waals surface area contributed by atoms with Crippen LogP contribution in [0, 0.1) is 11.8 Å². The summed E-state index contributed by atoms with van der Waals surface area (Å²) in [5.74, 6) is 1.37. The number of carbonyl (C=O) groups is 1. The molecule has 1 aliphatic carbocycles. The van der Waals surface area contributed by atoms with Crippen LogP contribution in [0.3, 0.4) is 0 Å². The SMILES string of the molecule is CCC(CC)(C(=O)N1CC2CCC(N)C2C1)c1ccc(Cl)cc1. The van der Waals surface area contributed by atoms with Crippen LogP contribution >= 0.6 is 11.6 Å². The van der Waals surface area contributed by atoms with Crippen molar-refractivity contribution in [2.45, 2.75) is 51.0 Å². The quantitative estimate of drug-likeness (QED) is 0.914. The zero-order valence-corrected chi connectivity index (χ0v) is 14.9. The van der Waals surface area contributed by atoms with E-state index in [1.807, 2.05) is 24.3 Å². The topological polar surface area (TPSA) is 46.3 Å². The van der Waals surface area contributed by atoms with Crippen LogP contribution in [-0.4, -0.2) is 29.9 Å². The van der Waals surface area contributed by atoms with Gasteiger partial charge in [0.25, 0.3) is 0 Å². The van der Waals surface area contributed by atoms with E-state index in [9.17, 15) is 4.79 Å². The fraction of sp³-hybridized carbons (Fsp3) is 0.632. The van der Waals surface area contributed by atoms with Crippen LogP contribution in [-0.2, 0) is 10.2 Å². The maximum absolute atomic E-state index is 13.4. The number of hydrogen-bond acceptors (Lipinski definition) is 2. The Balaban J connectivity index is 1.86. The Bertz CT molecular complexity index is 567. The fourth-order valence-corrected chi connectivity index (χ4v) is 4.76. The molecule has 4 heteroatoms. The lowest BCUT2D eigenvalue weighted by molar-refractivity contribution is -0.137. The molecule has 1 saturated carbocycles. The van der Waals surface area contributed by atoms with Crippen LogP contribution in [0.15, 0.2) is 24.3 Å². The van der Waals surface area contributed by atoms with Gasteiger partial charge in [0.1, 0.15) is 0 Å². The number of benzene rings is 1. The summed E-state index contributed by atoms with van der Waals surface area (Å²) in [6.45, 7) is 5.93. The van der Waals surface area contributed by atoms with Crippen LogP contribution in [0.1, 0.15) is 45.1 Å². The molecule has 23 heavy (non-hydrogen) atoms. The van der Waals surface area contributed by atoms with Crippen LogP contribution in [0.2, 0.25) is 5.02 Å². The Labute approximate surface area is 144 Å². The molecule has 1 aliphatic heterocycles. The minimum atomic E-state index is -0.437. The van der Waals surface area contributed by atoms with Crippen molar-refractivity contribution in [3.63, 3.8) is 0 Å². The Morgan fingerprint density at radius 1 is 1.22 bits per heavy atom. The van der Waals surface area contributed by atoms with Crippen molar-refractivity contribution in [2.24, 2.45) is 17.6 Å². The van der Waals surface area contributed by atoms with Gasteiger partial charge in [-0.1, -0.05) is 37.6 Å². The lowest BCUT2D eigenvalue weighted by atomic mass is 9.74. The molecule has 2 fully saturated rings. The van der Waals surface area contributed by atoms with E-state index in [0.717, 1.165) is 37.9 Å². The summed E-state index contributed by atoms with van der Waals surface area (Å²) < 4.78 is 0. The zero-order valence-electron chi connectivity index (χ0n) is 14.1. The van der Waals surface area contributed by atoms with Crippen LogP contribution in [0.4, 0.5) is 0 Å². The van der Waals surface area contributed by atoms with E-state index in [2.05, 4.69) is 18.7 Å². The van der Waals surface area contributed by atoms with Gasteiger partial charge in [-0.15, -0.1) is 0 Å². The Kier molecular flexibility index (Phi) is 4.70. The van der Waals surface area contributed by atoms with E-state index in [-0.39, 0.29) is 11.9 Å². The molecule has 3 nitrogen and oxygen atoms in total. The molecule has 3 rings (SSSR count). The normalized spacial score (nSPS) is 27.3. The Hall–Kier alpha value is -1.06. The lowest BCUT2D eigenvalue weighted by Crippen LogP contribution is -2.46. The van der Waals surface area contributed by atoms with Crippen molar-refractivity contribution in [2.75, 3.05) is 13.1 Å². The summed E-state index contributed by atoms with van der Waals surface area (Å²) in [6, 6.07) is 8.06. The van der Waals surface area contributed by atoms with Crippen LogP contribution < -0.4 is 5.73 Å². The average molecular weight is 335 g/mol. The summed E-state index contributed by atoms with van der Waals surface area (Å²) in [5, 5.41) is 0.712. The van der Waals surface area contributed by atoms with Crippen LogP contribution in [0.25, 0.3) is 0 Å². The van der Waals surface area contributed by atoms with Gasteiger partial charge in [-0.3, -0.25) is 4.79 Å². The number of rotatable bonds is 4. The predicted octanol–water partition coefficient (Wildman–Crippen LogP) is 3.59. The summed E-state index contributed by atoms with van der Waals surface area (Å²) in [5.41, 5.74) is 6.88. The van der Waals surface area contributed by atoms with Gasteiger partial charge in [-0.2, -0.15) is 0 Å². The molecule has 0 aromatic heterocycles. The molecule has 1 heterocycles. The van der Waals surface area contributed by atoms with Crippen molar-refractivity contribution in [3.8, 4) is 0 Å². The highest BCUT2D eigenvalue weighted by Gasteiger charge is 2.47. The van der Waals surface area contributed by atoms with E-state index < -0.39 is 5.41 Å². The number of fused-ring (bicyclic) bond motifs is 1. The third kappa shape index (κ3) is 2.78. The highest BCUT2D eigenvalue weighted by Crippen LogP contribution is 2.41. The molecule has 3 unspecified atom stereocenters. The Morgan fingerprint density at radius 3 is 2.43 bits per heavy atom. The molecule has 1 aromatic rings. The lowest BCUT2D eigenvalue weighted by Gasteiger charge is -2.35. The smallest absolute Gasteiger partial charge is 0.233 e. The minimum Gasteiger partial charge on any atom is -0.341 e. The maximum Gasteiger partial charge on any atom is 0.233 e. The van der Waals surface area contributed by atoms with Crippen LogP contribution in [0.5, 0.6) is 0 Å². The molecule has 3 atom stereocenters. The molecule has 0 radical (unpaired) electrons. The van der Waals surface area contributed by atoms with E-state index in [0.29, 0.717) is 16.9 Å². The summed E-state index contributed by atoms with van der Waals surface area (Å²) >= 11 is 6.03. The molecular weight excluding hydrogens is 308 g/mol. The molecule has 0 spiro atoms. The second-order valence-electron chi connectivity index (χ2n) is 7.17. The standard InChI is InChI=1S/C19H27ClN2O/c1-3-19(4-2,14-6-8-15(20)9-7-14)18(23)22-11-13-5-10-17(21)16(13)12-22/h6-9,13,16-17H,3-5,10-12,21H2,1-2H3. The van der Waals surface area contributed by atoms with Crippen molar-refractivity contribution in [3.05, 3.63) is 34.9 Å². The number of nitrogens with zero attached hydrogens (tertiary/aromatic N) is 1. The van der Waals surface area contributed by atoms with Gasteiger partial charge in [-0.25, -0.2) is 0 Å². The molecule has 1 saturated heterocycles. The first-order valence-electron chi connectivity index (χ1n) is 8.82. The van der Waals surface area contributed by atoms with Gasteiger partial charge in [0, 0.05) is 24.2 Å².